The molecule has 0 fully saturated rings. The van der Waals surface area contributed by atoms with E-state index in [0.717, 1.165) is 0 Å². The first-order valence-electron chi connectivity index (χ1n) is 4.66. The summed E-state index contributed by atoms with van der Waals surface area (Å²) in [6, 6.07) is 3.15. The van der Waals surface area contributed by atoms with Crippen molar-refractivity contribution in [2.24, 2.45) is 7.05 Å². The monoisotopic (exact) mass is 217 g/mol. The molecule has 0 aliphatic carbocycles. The third-order valence-electron chi connectivity index (χ3n) is 1.98. The largest absolute Gasteiger partial charge is 0.399 e. The molecule has 0 spiro atoms. The van der Waals surface area contributed by atoms with Crippen molar-refractivity contribution in [2.45, 2.75) is 0 Å². The lowest BCUT2D eigenvalue weighted by molar-refractivity contribution is 0.102. The first-order valence-corrected chi connectivity index (χ1v) is 4.66. The zero-order chi connectivity index (χ0) is 11.5. The van der Waals surface area contributed by atoms with Gasteiger partial charge >= 0.3 is 0 Å². The fourth-order valence-electron chi connectivity index (χ4n) is 1.25. The molecule has 0 atom stereocenters. The molecule has 2 rings (SSSR count). The van der Waals surface area contributed by atoms with Crippen LogP contribution in [0.3, 0.4) is 0 Å². The lowest BCUT2D eigenvalue weighted by Gasteiger charge is -2.01. The van der Waals surface area contributed by atoms with Crippen LogP contribution < -0.4 is 11.1 Å². The number of carbonyl (C=O) groups is 1. The Bertz CT molecular complexity index is 519. The highest BCUT2D eigenvalue weighted by atomic mass is 16.1. The molecular weight excluding hydrogens is 206 g/mol. The number of carbonyl (C=O) groups excluding carboxylic acids is 1. The van der Waals surface area contributed by atoms with E-state index in [1.165, 1.54) is 12.3 Å². The van der Waals surface area contributed by atoms with Gasteiger partial charge in [-0.1, -0.05) is 0 Å². The van der Waals surface area contributed by atoms with Crippen LogP contribution in [0.2, 0.25) is 0 Å². The molecule has 0 bridgehead atoms. The molecule has 0 radical (unpaired) electrons. The van der Waals surface area contributed by atoms with Crippen LogP contribution in [0.1, 0.15) is 10.5 Å². The van der Waals surface area contributed by atoms with E-state index < -0.39 is 0 Å². The first kappa shape index (κ1) is 10.2. The highest BCUT2D eigenvalue weighted by Crippen LogP contribution is 2.08. The number of rotatable bonds is 2. The van der Waals surface area contributed by atoms with Crippen LogP contribution in [0, 0.1) is 0 Å². The number of amides is 1. The number of aromatic nitrogens is 3. The van der Waals surface area contributed by atoms with Gasteiger partial charge in [0, 0.05) is 25.1 Å². The fourth-order valence-corrected chi connectivity index (χ4v) is 1.25. The molecule has 1 amide bonds. The van der Waals surface area contributed by atoms with Gasteiger partial charge in [0.05, 0.1) is 11.9 Å². The lowest BCUT2D eigenvalue weighted by Crippen LogP contribution is -2.13. The topological polar surface area (TPSA) is 85.8 Å². The fraction of sp³-hybridized carbons (Fsp3) is 0.100. The summed E-state index contributed by atoms with van der Waals surface area (Å²) in [6.07, 6.45) is 4.75. The van der Waals surface area contributed by atoms with Gasteiger partial charge in [0.15, 0.2) is 0 Å². The lowest BCUT2D eigenvalue weighted by atomic mass is 10.3. The number of nitrogens with two attached hydrogens (primary N) is 1. The maximum atomic E-state index is 11.7. The third kappa shape index (κ3) is 2.17. The first-order chi connectivity index (χ1) is 7.65. The number of hydrogen-bond donors (Lipinski definition) is 2. The molecule has 0 aromatic carbocycles. The van der Waals surface area contributed by atoms with Gasteiger partial charge in [0.2, 0.25) is 0 Å². The van der Waals surface area contributed by atoms with Crippen molar-refractivity contribution in [3.63, 3.8) is 0 Å². The SMILES string of the molecule is Cn1cc(NC(=O)c2cc(N)ccn2)cn1. The van der Waals surface area contributed by atoms with Crippen LogP contribution in [0.4, 0.5) is 11.4 Å². The summed E-state index contributed by atoms with van der Waals surface area (Å²) in [5.41, 5.74) is 6.97. The van der Waals surface area contributed by atoms with Crippen molar-refractivity contribution in [1.29, 1.82) is 0 Å². The van der Waals surface area contributed by atoms with E-state index in [1.807, 2.05) is 0 Å². The minimum absolute atomic E-state index is 0.281. The predicted octanol–water partition coefficient (Wildman–Crippen LogP) is 0.650. The third-order valence-corrected chi connectivity index (χ3v) is 1.98. The summed E-state index contributed by atoms with van der Waals surface area (Å²) in [4.78, 5) is 15.6. The molecule has 2 aromatic heterocycles. The Labute approximate surface area is 92.1 Å². The smallest absolute Gasteiger partial charge is 0.274 e. The number of nitrogen functional groups attached to an aromatic ring is 1. The van der Waals surface area contributed by atoms with Crippen LogP contribution >= 0.6 is 0 Å². The summed E-state index contributed by atoms with van der Waals surface area (Å²) in [5.74, 6) is -0.305. The van der Waals surface area contributed by atoms with Crippen LogP contribution in [-0.2, 0) is 7.05 Å². The number of nitrogens with one attached hydrogen (secondary N) is 1. The Morgan fingerprint density at radius 2 is 2.38 bits per heavy atom. The van der Waals surface area contributed by atoms with E-state index in [1.54, 1.807) is 30.2 Å². The second-order valence-electron chi connectivity index (χ2n) is 3.33. The van der Waals surface area contributed by atoms with Gasteiger partial charge < -0.3 is 11.1 Å². The quantitative estimate of drug-likeness (QED) is 0.773. The van der Waals surface area contributed by atoms with Crippen molar-refractivity contribution in [2.75, 3.05) is 11.1 Å². The van der Waals surface area contributed by atoms with E-state index in [-0.39, 0.29) is 11.6 Å². The van der Waals surface area contributed by atoms with E-state index in [9.17, 15) is 4.79 Å². The predicted molar refractivity (Wildman–Crippen MR) is 59.8 cm³/mol. The maximum Gasteiger partial charge on any atom is 0.274 e. The Balaban J connectivity index is 2.14. The van der Waals surface area contributed by atoms with Crippen molar-refractivity contribution in [3.8, 4) is 0 Å². The summed E-state index contributed by atoms with van der Waals surface area (Å²) in [7, 11) is 1.77. The molecule has 16 heavy (non-hydrogen) atoms. The van der Waals surface area contributed by atoms with Crippen molar-refractivity contribution < 1.29 is 4.79 Å². The van der Waals surface area contributed by atoms with Crippen LogP contribution in [0.25, 0.3) is 0 Å². The number of hydrogen-bond acceptors (Lipinski definition) is 4. The molecule has 0 saturated carbocycles. The number of nitrogens with zero attached hydrogens (tertiary/aromatic N) is 3. The van der Waals surface area contributed by atoms with Gasteiger partial charge in [-0.05, 0) is 12.1 Å². The Morgan fingerprint density at radius 3 is 3.00 bits per heavy atom. The van der Waals surface area contributed by atoms with Crippen molar-refractivity contribution in [3.05, 3.63) is 36.4 Å². The van der Waals surface area contributed by atoms with Gasteiger partial charge in [0.1, 0.15) is 5.69 Å². The maximum absolute atomic E-state index is 11.7. The van der Waals surface area contributed by atoms with E-state index in [0.29, 0.717) is 11.4 Å². The molecule has 2 heterocycles. The van der Waals surface area contributed by atoms with E-state index >= 15 is 0 Å². The molecule has 0 aliphatic heterocycles. The van der Waals surface area contributed by atoms with Gasteiger partial charge in [-0.25, -0.2) is 0 Å². The second-order valence-corrected chi connectivity index (χ2v) is 3.33. The van der Waals surface area contributed by atoms with E-state index in [2.05, 4.69) is 15.4 Å². The normalized spacial score (nSPS) is 10.1. The van der Waals surface area contributed by atoms with Gasteiger partial charge in [-0.3, -0.25) is 14.5 Å². The number of anilines is 2. The van der Waals surface area contributed by atoms with Crippen molar-refractivity contribution >= 4 is 17.3 Å². The molecule has 0 saturated heterocycles. The zero-order valence-electron chi connectivity index (χ0n) is 8.71. The molecule has 0 unspecified atom stereocenters. The molecular formula is C10H11N5O. The second kappa shape index (κ2) is 4.01. The highest BCUT2D eigenvalue weighted by Gasteiger charge is 2.08. The van der Waals surface area contributed by atoms with E-state index in [4.69, 9.17) is 5.73 Å². The van der Waals surface area contributed by atoms with Crippen LogP contribution in [0.5, 0.6) is 0 Å². The molecule has 6 nitrogen and oxygen atoms in total. The molecule has 6 heteroatoms. The summed E-state index contributed by atoms with van der Waals surface area (Å²) in [6.45, 7) is 0. The Kier molecular flexibility index (Phi) is 2.55. The van der Waals surface area contributed by atoms with Crippen LogP contribution in [-0.4, -0.2) is 20.7 Å². The summed E-state index contributed by atoms with van der Waals surface area (Å²) in [5, 5.41) is 6.60. The summed E-state index contributed by atoms with van der Waals surface area (Å²) >= 11 is 0. The zero-order valence-corrected chi connectivity index (χ0v) is 8.71. The highest BCUT2D eigenvalue weighted by molar-refractivity contribution is 6.03. The van der Waals surface area contributed by atoms with Gasteiger partial charge in [-0.2, -0.15) is 5.10 Å². The Morgan fingerprint density at radius 1 is 1.56 bits per heavy atom. The Hall–Kier alpha value is -2.37. The summed E-state index contributed by atoms with van der Waals surface area (Å²) < 4.78 is 1.60. The minimum Gasteiger partial charge on any atom is -0.399 e. The minimum atomic E-state index is -0.305. The average Bonchev–Trinajstić information content (AvgIpc) is 2.64. The van der Waals surface area contributed by atoms with Crippen LogP contribution in [0.15, 0.2) is 30.7 Å². The van der Waals surface area contributed by atoms with Gasteiger partial charge in [-0.15, -0.1) is 0 Å². The van der Waals surface area contributed by atoms with Crippen molar-refractivity contribution in [1.82, 2.24) is 14.8 Å². The number of pyridine rings is 1. The standard InChI is InChI=1S/C10H11N5O/c1-15-6-8(5-13-15)14-10(16)9-4-7(11)2-3-12-9/h2-6H,1H3,(H2,11,12)(H,14,16). The number of aryl methyl sites for hydroxylation is 1. The van der Waals surface area contributed by atoms with Gasteiger partial charge in [0.25, 0.3) is 5.91 Å². The average molecular weight is 217 g/mol. The molecule has 82 valence electrons. The molecule has 3 N–H and O–H groups in total. The molecule has 2 aromatic rings. The molecule has 0 aliphatic rings.